The molecule has 1 saturated heterocycles. The topological polar surface area (TPSA) is 63.9 Å². The van der Waals surface area contributed by atoms with Gasteiger partial charge in [-0.2, -0.15) is 5.10 Å². The van der Waals surface area contributed by atoms with E-state index in [4.69, 9.17) is 11.6 Å². The highest BCUT2D eigenvalue weighted by Gasteiger charge is 2.28. The van der Waals surface area contributed by atoms with Gasteiger partial charge in [-0.3, -0.25) is 4.79 Å². The third kappa shape index (κ3) is 3.59. The first-order chi connectivity index (χ1) is 11.3. The molecule has 0 amide bonds. The molecule has 7 heteroatoms. The normalized spacial score (nSPS) is 18.2. The highest BCUT2D eigenvalue weighted by atomic mass is 35.5. The molecule has 128 valence electrons. The molecule has 0 aromatic carbocycles. The summed E-state index contributed by atoms with van der Waals surface area (Å²) in [6.45, 7) is 7.68. The van der Waals surface area contributed by atoms with Crippen molar-refractivity contribution in [3.63, 3.8) is 0 Å². The smallest absolute Gasteiger partial charge is 0.266 e. The maximum absolute atomic E-state index is 12.2. The quantitative estimate of drug-likeness (QED) is 0.854. The molecule has 0 saturated carbocycles. The van der Waals surface area contributed by atoms with Crippen molar-refractivity contribution in [3.8, 4) is 0 Å². The standard InChI is InChI=1S/C17H22ClN5O/c1-17(2,3)14-6-7-15(24)23(21-14)11-13-5-4-8-22(13)16-19-9-12(18)10-20-16/h6-7,9-10,13H,4-5,8,11H2,1-3H3. The van der Waals surface area contributed by atoms with E-state index >= 15 is 0 Å². The van der Waals surface area contributed by atoms with Crippen LogP contribution in [0.2, 0.25) is 5.02 Å². The summed E-state index contributed by atoms with van der Waals surface area (Å²) in [5.74, 6) is 0.655. The largest absolute Gasteiger partial charge is 0.336 e. The summed E-state index contributed by atoms with van der Waals surface area (Å²) in [6.07, 6.45) is 5.23. The summed E-state index contributed by atoms with van der Waals surface area (Å²) >= 11 is 5.87. The molecule has 0 bridgehead atoms. The van der Waals surface area contributed by atoms with Crippen LogP contribution in [0.4, 0.5) is 5.95 Å². The maximum atomic E-state index is 12.2. The number of hydrogen-bond donors (Lipinski definition) is 0. The second kappa shape index (κ2) is 6.51. The summed E-state index contributed by atoms with van der Waals surface area (Å²) in [4.78, 5) is 23.0. The van der Waals surface area contributed by atoms with Crippen LogP contribution in [0.5, 0.6) is 0 Å². The van der Waals surface area contributed by atoms with Gasteiger partial charge in [0.25, 0.3) is 5.56 Å². The van der Waals surface area contributed by atoms with E-state index in [1.165, 1.54) is 0 Å². The Kier molecular flexibility index (Phi) is 4.58. The molecule has 2 aromatic rings. The van der Waals surface area contributed by atoms with Crippen molar-refractivity contribution in [2.24, 2.45) is 0 Å². The molecular formula is C17H22ClN5O. The minimum absolute atomic E-state index is 0.0770. The predicted octanol–water partition coefficient (Wildman–Crippen LogP) is 2.65. The van der Waals surface area contributed by atoms with E-state index in [2.05, 4.69) is 40.7 Å². The van der Waals surface area contributed by atoms with Crippen molar-refractivity contribution in [1.29, 1.82) is 0 Å². The molecule has 1 unspecified atom stereocenters. The zero-order chi connectivity index (χ0) is 17.3. The summed E-state index contributed by atoms with van der Waals surface area (Å²) < 4.78 is 1.57. The van der Waals surface area contributed by atoms with E-state index in [-0.39, 0.29) is 17.0 Å². The summed E-state index contributed by atoms with van der Waals surface area (Å²) in [5.41, 5.74) is 0.741. The van der Waals surface area contributed by atoms with Crippen LogP contribution in [-0.4, -0.2) is 32.3 Å². The summed E-state index contributed by atoms with van der Waals surface area (Å²) in [6, 6.07) is 3.57. The van der Waals surface area contributed by atoms with Gasteiger partial charge in [0.1, 0.15) is 0 Å². The molecule has 1 atom stereocenters. The first-order valence-corrected chi connectivity index (χ1v) is 8.55. The molecule has 0 spiro atoms. The molecule has 2 aromatic heterocycles. The van der Waals surface area contributed by atoms with E-state index in [0.29, 0.717) is 17.5 Å². The Morgan fingerprint density at radius 1 is 1.25 bits per heavy atom. The number of rotatable bonds is 3. The average molecular weight is 348 g/mol. The Labute approximate surface area is 146 Å². The average Bonchev–Trinajstić information content (AvgIpc) is 2.97. The Hall–Kier alpha value is -1.95. The molecule has 6 nitrogen and oxygen atoms in total. The van der Waals surface area contributed by atoms with Gasteiger partial charge in [-0.05, 0) is 18.9 Å². The molecule has 3 rings (SSSR count). The second-order valence-electron chi connectivity index (χ2n) is 7.18. The predicted molar refractivity (Wildman–Crippen MR) is 94.6 cm³/mol. The fourth-order valence-corrected chi connectivity index (χ4v) is 3.02. The van der Waals surface area contributed by atoms with Crippen LogP contribution in [0, 0.1) is 0 Å². The lowest BCUT2D eigenvalue weighted by molar-refractivity contribution is 0.455. The molecule has 24 heavy (non-hydrogen) atoms. The van der Waals surface area contributed by atoms with E-state index in [1.54, 1.807) is 23.1 Å². The van der Waals surface area contributed by atoms with Gasteiger partial charge in [-0.1, -0.05) is 32.4 Å². The van der Waals surface area contributed by atoms with Crippen LogP contribution in [0.3, 0.4) is 0 Å². The van der Waals surface area contributed by atoms with Gasteiger partial charge >= 0.3 is 0 Å². The van der Waals surface area contributed by atoms with Gasteiger partial charge in [0.15, 0.2) is 0 Å². The highest BCUT2D eigenvalue weighted by molar-refractivity contribution is 6.30. The Balaban J connectivity index is 1.85. The Morgan fingerprint density at radius 2 is 1.96 bits per heavy atom. The van der Waals surface area contributed by atoms with Crippen LogP contribution < -0.4 is 10.5 Å². The molecule has 0 N–H and O–H groups in total. The van der Waals surface area contributed by atoms with Gasteiger partial charge < -0.3 is 4.90 Å². The third-order valence-electron chi connectivity index (χ3n) is 4.26. The van der Waals surface area contributed by atoms with Gasteiger partial charge in [0.05, 0.1) is 35.7 Å². The van der Waals surface area contributed by atoms with Crippen molar-refractivity contribution < 1.29 is 0 Å². The Morgan fingerprint density at radius 3 is 2.62 bits per heavy atom. The SMILES string of the molecule is CC(C)(C)c1ccc(=O)n(CC2CCCN2c2ncc(Cl)cn2)n1. The number of anilines is 1. The van der Waals surface area contributed by atoms with E-state index in [9.17, 15) is 4.79 Å². The Bertz CT molecular complexity index is 766. The first kappa shape index (κ1) is 16.9. The lowest BCUT2D eigenvalue weighted by Crippen LogP contribution is -2.38. The fourth-order valence-electron chi connectivity index (χ4n) is 2.92. The number of nitrogens with zero attached hydrogens (tertiary/aromatic N) is 5. The van der Waals surface area contributed by atoms with Crippen molar-refractivity contribution in [1.82, 2.24) is 19.7 Å². The third-order valence-corrected chi connectivity index (χ3v) is 4.45. The van der Waals surface area contributed by atoms with Crippen LogP contribution >= 0.6 is 11.6 Å². The van der Waals surface area contributed by atoms with Crippen LogP contribution in [-0.2, 0) is 12.0 Å². The van der Waals surface area contributed by atoms with Gasteiger partial charge in [0, 0.05) is 18.0 Å². The molecule has 3 heterocycles. The molecular weight excluding hydrogens is 326 g/mol. The fraction of sp³-hybridized carbons (Fsp3) is 0.529. The summed E-state index contributed by atoms with van der Waals surface area (Å²) in [5, 5.41) is 5.08. The lowest BCUT2D eigenvalue weighted by atomic mass is 9.92. The molecule has 1 aliphatic heterocycles. The van der Waals surface area contributed by atoms with Crippen molar-refractivity contribution >= 4 is 17.5 Å². The lowest BCUT2D eigenvalue weighted by Gasteiger charge is -2.25. The maximum Gasteiger partial charge on any atom is 0.266 e. The van der Waals surface area contributed by atoms with E-state index < -0.39 is 0 Å². The van der Waals surface area contributed by atoms with Crippen LogP contribution in [0.15, 0.2) is 29.3 Å². The van der Waals surface area contributed by atoms with E-state index in [0.717, 1.165) is 25.1 Å². The van der Waals surface area contributed by atoms with E-state index in [1.807, 2.05) is 6.07 Å². The molecule has 0 radical (unpaired) electrons. The molecule has 1 fully saturated rings. The van der Waals surface area contributed by atoms with Crippen LogP contribution in [0.25, 0.3) is 0 Å². The molecule has 1 aliphatic rings. The van der Waals surface area contributed by atoms with Gasteiger partial charge in [-0.25, -0.2) is 14.6 Å². The van der Waals surface area contributed by atoms with Gasteiger partial charge in [-0.15, -0.1) is 0 Å². The summed E-state index contributed by atoms with van der Waals surface area (Å²) in [7, 11) is 0. The zero-order valence-corrected chi connectivity index (χ0v) is 15.0. The van der Waals surface area contributed by atoms with Crippen molar-refractivity contribution in [2.75, 3.05) is 11.4 Å². The monoisotopic (exact) mass is 347 g/mol. The number of hydrogen-bond acceptors (Lipinski definition) is 5. The molecule has 0 aliphatic carbocycles. The van der Waals surface area contributed by atoms with Crippen molar-refractivity contribution in [3.05, 3.63) is 45.6 Å². The minimum Gasteiger partial charge on any atom is -0.336 e. The van der Waals surface area contributed by atoms with Gasteiger partial charge in [0.2, 0.25) is 5.95 Å². The number of aromatic nitrogens is 4. The highest BCUT2D eigenvalue weighted by Crippen LogP contribution is 2.24. The van der Waals surface area contributed by atoms with Crippen LogP contribution in [0.1, 0.15) is 39.3 Å². The second-order valence-corrected chi connectivity index (χ2v) is 7.62. The zero-order valence-electron chi connectivity index (χ0n) is 14.2. The first-order valence-electron chi connectivity index (χ1n) is 8.17. The minimum atomic E-state index is -0.0932. The van der Waals surface area contributed by atoms with Crippen molar-refractivity contribution in [2.45, 2.75) is 51.6 Å². The number of halogens is 1.